The molecule has 0 saturated heterocycles. The van der Waals surface area contributed by atoms with E-state index in [-0.39, 0.29) is 17.5 Å². The molecule has 0 fully saturated rings. The molecule has 84 valence electrons. The fraction of sp³-hybridized carbons (Fsp3) is 0.333. The van der Waals surface area contributed by atoms with Crippen molar-refractivity contribution in [3.05, 3.63) is 34.9 Å². The molecule has 0 radical (unpaired) electrons. The highest BCUT2D eigenvalue weighted by Gasteiger charge is 2.12. The van der Waals surface area contributed by atoms with Gasteiger partial charge < -0.3 is 0 Å². The Hall–Kier alpha value is -1.04. The smallest absolute Gasteiger partial charge is 0.207 e. The summed E-state index contributed by atoms with van der Waals surface area (Å²) in [5.41, 5.74) is -0.0151. The second-order valence-corrected chi connectivity index (χ2v) is 4.67. The molecule has 0 aliphatic heterocycles. The SMILES string of the molecule is Cc1cc(F)c(CCS(=O)(=O)F)cc1F. The third-order valence-corrected chi connectivity index (χ3v) is 2.63. The zero-order valence-corrected chi connectivity index (χ0v) is 8.74. The van der Waals surface area contributed by atoms with E-state index >= 15 is 0 Å². The lowest BCUT2D eigenvalue weighted by atomic mass is 10.1. The van der Waals surface area contributed by atoms with Gasteiger partial charge in [-0.3, -0.25) is 0 Å². The van der Waals surface area contributed by atoms with Gasteiger partial charge in [0.15, 0.2) is 0 Å². The number of halogens is 3. The van der Waals surface area contributed by atoms with Crippen molar-refractivity contribution < 1.29 is 21.1 Å². The zero-order valence-electron chi connectivity index (χ0n) is 7.93. The highest BCUT2D eigenvalue weighted by molar-refractivity contribution is 7.86. The van der Waals surface area contributed by atoms with Crippen molar-refractivity contribution in [2.75, 3.05) is 5.75 Å². The molecule has 0 heterocycles. The molecular formula is C9H9F3O2S. The topological polar surface area (TPSA) is 34.1 Å². The highest BCUT2D eigenvalue weighted by Crippen LogP contribution is 2.15. The minimum absolute atomic E-state index is 0.124. The molecule has 15 heavy (non-hydrogen) atoms. The van der Waals surface area contributed by atoms with Gasteiger partial charge in [-0.15, -0.1) is 3.89 Å². The Balaban J connectivity index is 2.91. The van der Waals surface area contributed by atoms with Crippen LogP contribution in [0.5, 0.6) is 0 Å². The van der Waals surface area contributed by atoms with Crippen LogP contribution in [-0.4, -0.2) is 14.2 Å². The van der Waals surface area contributed by atoms with E-state index in [2.05, 4.69) is 0 Å². The molecule has 0 aromatic heterocycles. The van der Waals surface area contributed by atoms with Gasteiger partial charge >= 0.3 is 10.2 Å². The fourth-order valence-corrected chi connectivity index (χ4v) is 1.57. The van der Waals surface area contributed by atoms with Crippen LogP contribution in [0.25, 0.3) is 0 Å². The number of hydrogen-bond donors (Lipinski definition) is 0. The van der Waals surface area contributed by atoms with Crippen LogP contribution in [0.1, 0.15) is 11.1 Å². The van der Waals surface area contributed by atoms with Gasteiger partial charge in [0.25, 0.3) is 0 Å². The summed E-state index contributed by atoms with van der Waals surface area (Å²) in [7, 11) is -4.65. The van der Waals surface area contributed by atoms with Crippen molar-refractivity contribution >= 4 is 10.2 Å². The average molecular weight is 238 g/mol. The Labute approximate surface area is 85.9 Å². The molecule has 1 aromatic rings. The minimum atomic E-state index is -4.65. The molecular weight excluding hydrogens is 229 g/mol. The van der Waals surface area contributed by atoms with Crippen molar-refractivity contribution in [2.45, 2.75) is 13.3 Å². The number of aryl methyl sites for hydroxylation is 2. The molecule has 0 aliphatic carbocycles. The predicted octanol–water partition coefficient (Wildman–Crippen LogP) is 2.12. The molecule has 0 bridgehead atoms. The van der Waals surface area contributed by atoms with Gasteiger partial charge in [0.1, 0.15) is 11.6 Å². The minimum Gasteiger partial charge on any atom is -0.207 e. The highest BCUT2D eigenvalue weighted by atomic mass is 32.3. The van der Waals surface area contributed by atoms with Gasteiger partial charge in [-0.05, 0) is 36.6 Å². The monoisotopic (exact) mass is 238 g/mol. The maximum Gasteiger partial charge on any atom is 0.302 e. The van der Waals surface area contributed by atoms with E-state index in [1.54, 1.807) is 0 Å². The van der Waals surface area contributed by atoms with Crippen LogP contribution in [0.2, 0.25) is 0 Å². The van der Waals surface area contributed by atoms with Gasteiger partial charge in [-0.25, -0.2) is 8.78 Å². The molecule has 2 nitrogen and oxygen atoms in total. The van der Waals surface area contributed by atoms with Crippen LogP contribution < -0.4 is 0 Å². The summed E-state index contributed by atoms with van der Waals surface area (Å²) in [5.74, 6) is -2.20. The maximum absolute atomic E-state index is 13.1. The molecule has 1 aromatic carbocycles. The lowest BCUT2D eigenvalue weighted by molar-refractivity contribution is 0.548. The van der Waals surface area contributed by atoms with Gasteiger partial charge in [-0.2, -0.15) is 8.42 Å². The van der Waals surface area contributed by atoms with E-state index in [0.29, 0.717) is 0 Å². The Morgan fingerprint density at radius 2 is 1.80 bits per heavy atom. The van der Waals surface area contributed by atoms with E-state index in [9.17, 15) is 21.1 Å². The summed E-state index contributed by atoms with van der Waals surface area (Å²) in [6, 6.07) is 1.84. The first-order valence-electron chi connectivity index (χ1n) is 4.16. The third-order valence-electron chi connectivity index (χ3n) is 1.94. The molecule has 1 rings (SSSR count). The summed E-state index contributed by atoms with van der Waals surface area (Å²) in [6.07, 6.45) is -0.373. The van der Waals surface area contributed by atoms with E-state index in [1.807, 2.05) is 0 Å². The van der Waals surface area contributed by atoms with Crippen LogP contribution >= 0.6 is 0 Å². The van der Waals surface area contributed by atoms with Crippen molar-refractivity contribution in [1.29, 1.82) is 0 Å². The quantitative estimate of drug-likeness (QED) is 0.756. The van der Waals surface area contributed by atoms with Crippen LogP contribution in [0.15, 0.2) is 12.1 Å². The second-order valence-electron chi connectivity index (χ2n) is 3.19. The normalized spacial score (nSPS) is 11.7. The van der Waals surface area contributed by atoms with E-state index in [4.69, 9.17) is 0 Å². The molecule has 0 atom stereocenters. The van der Waals surface area contributed by atoms with Gasteiger partial charge in [0.05, 0.1) is 5.75 Å². The van der Waals surface area contributed by atoms with E-state index in [1.165, 1.54) is 6.92 Å². The molecule has 0 spiro atoms. The van der Waals surface area contributed by atoms with Crippen molar-refractivity contribution in [3.63, 3.8) is 0 Å². The summed E-state index contributed by atoms with van der Waals surface area (Å²) in [6.45, 7) is 1.38. The zero-order chi connectivity index (χ0) is 11.6. The van der Waals surface area contributed by atoms with Crippen LogP contribution in [0.3, 0.4) is 0 Å². The second kappa shape index (κ2) is 4.22. The van der Waals surface area contributed by atoms with Crippen LogP contribution in [0, 0.1) is 18.6 Å². The molecule has 6 heteroatoms. The lowest BCUT2D eigenvalue weighted by Gasteiger charge is -2.03. The van der Waals surface area contributed by atoms with Gasteiger partial charge in [0.2, 0.25) is 0 Å². The third kappa shape index (κ3) is 3.54. The maximum atomic E-state index is 13.1. The summed E-state index contributed by atoms with van der Waals surface area (Å²) in [4.78, 5) is 0. The van der Waals surface area contributed by atoms with Crippen molar-refractivity contribution in [2.24, 2.45) is 0 Å². The standard InChI is InChI=1S/C9H9F3O2S/c1-6-4-9(11)7(5-8(6)10)2-3-15(12,13)14/h4-5H,2-3H2,1H3. The first-order chi connectivity index (χ1) is 6.79. The Bertz CT molecular complexity index is 468. The first kappa shape index (κ1) is 12.0. The summed E-state index contributed by atoms with van der Waals surface area (Å²) >= 11 is 0. The van der Waals surface area contributed by atoms with Crippen LogP contribution in [-0.2, 0) is 16.6 Å². The van der Waals surface area contributed by atoms with Crippen LogP contribution in [0.4, 0.5) is 12.7 Å². The fourth-order valence-electron chi connectivity index (χ4n) is 1.11. The Morgan fingerprint density at radius 3 is 2.33 bits per heavy atom. The van der Waals surface area contributed by atoms with Gasteiger partial charge in [0, 0.05) is 0 Å². The Morgan fingerprint density at radius 1 is 1.20 bits per heavy atom. The van der Waals surface area contributed by atoms with Crippen molar-refractivity contribution in [1.82, 2.24) is 0 Å². The van der Waals surface area contributed by atoms with Crippen molar-refractivity contribution in [3.8, 4) is 0 Å². The first-order valence-corrected chi connectivity index (χ1v) is 5.72. The molecule has 0 aliphatic rings. The average Bonchev–Trinajstić information content (AvgIpc) is 2.07. The van der Waals surface area contributed by atoms with E-state index in [0.717, 1.165) is 12.1 Å². The summed E-state index contributed by atoms with van der Waals surface area (Å²) < 4.78 is 58.6. The molecule has 0 saturated carbocycles. The number of benzene rings is 1. The van der Waals surface area contributed by atoms with Gasteiger partial charge in [-0.1, -0.05) is 0 Å². The number of hydrogen-bond acceptors (Lipinski definition) is 2. The van der Waals surface area contributed by atoms with E-state index < -0.39 is 27.6 Å². The Kier molecular flexibility index (Phi) is 3.38. The largest absolute Gasteiger partial charge is 0.302 e. The lowest BCUT2D eigenvalue weighted by Crippen LogP contribution is -2.04. The predicted molar refractivity (Wildman–Crippen MR) is 49.7 cm³/mol. The molecule has 0 unspecified atom stereocenters. The number of rotatable bonds is 3. The summed E-state index contributed by atoms with van der Waals surface area (Å²) in [5, 5.41) is 0. The molecule has 0 N–H and O–H groups in total. The molecule has 0 amide bonds.